The molecule has 0 amide bonds. The molecule has 5 heteroatoms. The SMILES string of the molecule is CCN(CC(=O)O)C1CC(NC(C)Cc2ccc(F)cc2)C1. The largest absolute Gasteiger partial charge is 0.480 e. The van der Waals surface area contributed by atoms with Crippen LogP contribution in [0.25, 0.3) is 0 Å². The number of carboxylic acid groups (broad SMARTS) is 1. The Labute approximate surface area is 131 Å². The second kappa shape index (κ2) is 7.70. The Morgan fingerprint density at radius 2 is 2.05 bits per heavy atom. The van der Waals surface area contributed by atoms with Crippen molar-refractivity contribution in [3.05, 3.63) is 35.6 Å². The molecule has 22 heavy (non-hydrogen) atoms. The molecule has 0 radical (unpaired) electrons. The van der Waals surface area contributed by atoms with Gasteiger partial charge in [0, 0.05) is 18.1 Å². The van der Waals surface area contributed by atoms with E-state index in [-0.39, 0.29) is 12.4 Å². The van der Waals surface area contributed by atoms with Crippen molar-refractivity contribution < 1.29 is 14.3 Å². The summed E-state index contributed by atoms with van der Waals surface area (Å²) in [6, 6.07) is 7.77. The highest BCUT2D eigenvalue weighted by molar-refractivity contribution is 5.69. The van der Waals surface area contributed by atoms with Crippen LogP contribution in [0, 0.1) is 5.82 Å². The normalized spacial score (nSPS) is 22.4. The Hall–Kier alpha value is -1.46. The van der Waals surface area contributed by atoms with E-state index in [4.69, 9.17) is 5.11 Å². The van der Waals surface area contributed by atoms with Crippen LogP contribution in [-0.4, -0.2) is 47.2 Å². The van der Waals surface area contributed by atoms with Crippen molar-refractivity contribution in [1.82, 2.24) is 10.2 Å². The van der Waals surface area contributed by atoms with Gasteiger partial charge >= 0.3 is 5.97 Å². The molecule has 0 bridgehead atoms. The van der Waals surface area contributed by atoms with Gasteiger partial charge in [0.1, 0.15) is 5.82 Å². The minimum absolute atomic E-state index is 0.124. The van der Waals surface area contributed by atoms with Crippen LogP contribution in [0.5, 0.6) is 0 Å². The van der Waals surface area contributed by atoms with Crippen LogP contribution in [0.15, 0.2) is 24.3 Å². The van der Waals surface area contributed by atoms with Crippen molar-refractivity contribution in [2.45, 2.75) is 51.2 Å². The number of carboxylic acids is 1. The summed E-state index contributed by atoms with van der Waals surface area (Å²) in [6.45, 7) is 5.03. The third kappa shape index (κ3) is 4.78. The van der Waals surface area contributed by atoms with E-state index in [0.717, 1.165) is 31.4 Å². The van der Waals surface area contributed by atoms with Crippen LogP contribution in [0.4, 0.5) is 4.39 Å². The van der Waals surface area contributed by atoms with Crippen molar-refractivity contribution in [3.8, 4) is 0 Å². The standard InChI is InChI=1S/C17H25FN2O2/c1-3-20(11-17(21)22)16-9-15(10-16)19-12(2)8-13-4-6-14(18)7-5-13/h4-7,12,15-16,19H,3,8-11H2,1-2H3,(H,21,22). The Morgan fingerprint density at radius 3 is 2.59 bits per heavy atom. The van der Waals surface area contributed by atoms with E-state index in [1.807, 2.05) is 24.0 Å². The third-order valence-corrected chi connectivity index (χ3v) is 4.35. The lowest BCUT2D eigenvalue weighted by Gasteiger charge is -2.43. The molecule has 1 aliphatic rings. The number of halogens is 1. The molecular weight excluding hydrogens is 283 g/mol. The summed E-state index contributed by atoms with van der Waals surface area (Å²) in [5.41, 5.74) is 1.12. The minimum atomic E-state index is -0.761. The van der Waals surface area contributed by atoms with Crippen molar-refractivity contribution >= 4 is 5.97 Å². The summed E-state index contributed by atoms with van der Waals surface area (Å²) >= 11 is 0. The van der Waals surface area contributed by atoms with Gasteiger partial charge in [-0.1, -0.05) is 19.1 Å². The monoisotopic (exact) mass is 308 g/mol. The fraction of sp³-hybridized carbons (Fsp3) is 0.588. The number of rotatable bonds is 8. The lowest BCUT2D eigenvalue weighted by atomic mass is 9.84. The van der Waals surface area contributed by atoms with Crippen LogP contribution in [0.2, 0.25) is 0 Å². The molecule has 1 fully saturated rings. The van der Waals surface area contributed by atoms with E-state index >= 15 is 0 Å². The Balaban J connectivity index is 1.72. The minimum Gasteiger partial charge on any atom is -0.480 e. The molecule has 0 heterocycles. The van der Waals surface area contributed by atoms with Gasteiger partial charge in [-0.3, -0.25) is 9.69 Å². The van der Waals surface area contributed by atoms with E-state index in [0.29, 0.717) is 18.1 Å². The van der Waals surface area contributed by atoms with E-state index < -0.39 is 5.97 Å². The summed E-state index contributed by atoms with van der Waals surface area (Å²) in [7, 11) is 0. The average Bonchev–Trinajstić information content (AvgIpc) is 2.42. The maximum absolute atomic E-state index is 12.9. The number of benzene rings is 1. The van der Waals surface area contributed by atoms with Gasteiger partial charge in [0.25, 0.3) is 0 Å². The molecule has 0 aliphatic heterocycles. The van der Waals surface area contributed by atoms with E-state index in [2.05, 4.69) is 12.2 Å². The van der Waals surface area contributed by atoms with Gasteiger partial charge in [-0.05, 0) is 50.4 Å². The Kier molecular flexibility index (Phi) is 5.91. The molecule has 2 rings (SSSR count). The molecule has 1 unspecified atom stereocenters. The molecule has 0 spiro atoms. The van der Waals surface area contributed by atoms with E-state index in [9.17, 15) is 9.18 Å². The Morgan fingerprint density at radius 1 is 1.41 bits per heavy atom. The average molecular weight is 308 g/mol. The highest BCUT2D eigenvalue weighted by Crippen LogP contribution is 2.26. The zero-order valence-electron chi connectivity index (χ0n) is 13.3. The first-order valence-corrected chi connectivity index (χ1v) is 7.94. The number of hydrogen-bond donors (Lipinski definition) is 2. The number of aliphatic carboxylic acids is 1. The molecule has 0 saturated heterocycles. The fourth-order valence-electron chi connectivity index (χ4n) is 3.13. The molecule has 0 aromatic heterocycles. The van der Waals surface area contributed by atoms with E-state index in [1.165, 1.54) is 12.1 Å². The second-order valence-electron chi connectivity index (χ2n) is 6.18. The van der Waals surface area contributed by atoms with Gasteiger partial charge < -0.3 is 10.4 Å². The topological polar surface area (TPSA) is 52.6 Å². The maximum atomic E-state index is 12.9. The zero-order valence-corrected chi connectivity index (χ0v) is 13.3. The molecule has 4 nitrogen and oxygen atoms in total. The molecule has 1 aromatic rings. The number of carbonyl (C=O) groups is 1. The second-order valence-corrected chi connectivity index (χ2v) is 6.18. The maximum Gasteiger partial charge on any atom is 0.317 e. The highest BCUT2D eigenvalue weighted by Gasteiger charge is 2.34. The number of likely N-dealkylation sites (N-methyl/N-ethyl adjacent to an activating group) is 1. The van der Waals surface area contributed by atoms with Gasteiger partial charge in [-0.2, -0.15) is 0 Å². The quantitative estimate of drug-likeness (QED) is 0.773. The first-order valence-electron chi connectivity index (χ1n) is 7.94. The summed E-state index contributed by atoms with van der Waals surface area (Å²) in [6.07, 6.45) is 2.86. The first kappa shape index (κ1) is 16.9. The highest BCUT2D eigenvalue weighted by atomic mass is 19.1. The first-order chi connectivity index (χ1) is 10.5. The molecule has 2 N–H and O–H groups in total. The molecule has 1 aromatic carbocycles. The fourth-order valence-corrected chi connectivity index (χ4v) is 3.13. The van der Waals surface area contributed by atoms with Gasteiger partial charge in [0.15, 0.2) is 0 Å². The molecule has 1 aliphatic carbocycles. The van der Waals surface area contributed by atoms with Gasteiger partial charge in [0.2, 0.25) is 0 Å². The van der Waals surface area contributed by atoms with Crippen molar-refractivity contribution in [2.24, 2.45) is 0 Å². The molecule has 1 atom stereocenters. The number of nitrogens with zero attached hydrogens (tertiary/aromatic N) is 1. The predicted octanol–water partition coefficient (Wildman–Crippen LogP) is 2.28. The smallest absolute Gasteiger partial charge is 0.317 e. The van der Waals surface area contributed by atoms with Crippen LogP contribution in [-0.2, 0) is 11.2 Å². The third-order valence-electron chi connectivity index (χ3n) is 4.35. The van der Waals surface area contributed by atoms with Gasteiger partial charge in [-0.25, -0.2) is 4.39 Å². The van der Waals surface area contributed by atoms with Crippen LogP contribution >= 0.6 is 0 Å². The van der Waals surface area contributed by atoms with Gasteiger partial charge in [0.05, 0.1) is 6.54 Å². The lowest BCUT2D eigenvalue weighted by Crippen LogP contribution is -2.55. The zero-order chi connectivity index (χ0) is 16.1. The Bertz CT molecular complexity index is 486. The molecule has 1 saturated carbocycles. The summed E-state index contributed by atoms with van der Waals surface area (Å²) < 4.78 is 12.9. The van der Waals surface area contributed by atoms with Crippen molar-refractivity contribution in [1.29, 1.82) is 0 Å². The van der Waals surface area contributed by atoms with Crippen LogP contribution in [0.3, 0.4) is 0 Å². The molecular formula is C17H25FN2O2. The lowest BCUT2D eigenvalue weighted by molar-refractivity contribution is -0.139. The van der Waals surface area contributed by atoms with Gasteiger partial charge in [-0.15, -0.1) is 0 Å². The van der Waals surface area contributed by atoms with Crippen molar-refractivity contribution in [2.75, 3.05) is 13.1 Å². The predicted molar refractivity (Wildman–Crippen MR) is 84.4 cm³/mol. The number of hydrogen-bond acceptors (Lipinski definition) is 3. The van der Waals surface area contributed by atoms with Crippen molar-refractivity contribution in [3.63, 3.8) is 0 Å². The summed E-state index contributed by atoms with van der Waals surface area (Å²) in [5, 5.41) is 12.5. The van der Waals surface area contributed by atoms with Crippen LogP contribution < -0.4 is 5.32 Å². The number of nitrogens with one attached hydrogen (secondary N) is 1. The molecule has 122 valence electrons. The van der Waals surface area contributed by atoms with Crippen LogP contribution in [0.1, 0.15) is 32.3 Å². The van der Waals surface area contributed by atoms with E-state index in [1.54, 1.807) is 0 Å². The summed E-state index contributed by atoms with van der Waals surface area (Å²) in [4.78, 5) is 12.8. The summed E-state index contributed by atoms with van der Waals surface area (Å²) in [5.74, 6) is -0.966.